The van der Waals surface area contributed by atoms with Gasteiger partial charge in [-0.1, -0.05) is 24.3 Å². The predicted molar refractivity (Wildman–Crippen MR) is 85.7 cm³/mol. The van der Waals surface area contributed by atoms with Crippen molar-refractivity contribution in [2.75, 3.05) is 47.1 Å². The third-order valence-corrected chi connectivity index (χ3v) is 4.25. The molecule has 0 amide bonds. The lowest BCUT2D eigenvalue weighted by Crippen LogP contribution is -2.45. The average molecular weight is 292 g/mol. The van der Waals surface area contributed by atoms with Crippen molar-refractivity contribution in [2.24, 2.45) is 0 Å². The average Bonchev–Trinajstić information content (AvgIpc) is 2.51. The normalized spacial score (nSPS) is 19.5. The van der Waals surface area contributed by atoms with Crippen molar-refractivity contribution in [3.63, 3.8) is 0 Å². The summed E-state index contributed by atoms with van der Waals surface area (Å²) in [6, 6.07) is 9.56. The SMILES string of the molecule is COCCN(CC1NCCc2ccccc21)C(C)COC. The molecule has 0 aliphatic carbocycles. The van der Waals surface area contributed by atoms with Gasteiger partial charge in [0.2, 0.25) is 0 Å². The molecule has 1 aromatic carbocycles. The largest absolute Gasteiger partial charge is 0.383 e. The molecule has 2 unspecified atom stereocenters. The van der Waals surface area contributed by atoms with Crippen molar-refractivity contribution in [1.82, 2.24) is 10.2 Å². The highest BCUT2D eigenvalue weighted by Gasteiger charge is 2.23. The molecule has 2 rings (SSSR count). The number of methoxy groups -OCH3 is 2. The van der Waals surface area contributed by atoms with E-state index in [-0.39, 0.29) is 0 Å². The molecule has 118 valence electrons. The fraction of sp³-hybridized carbons (Fsp3) is 0.647. The van der Waals surface area contributed by atoms with Crippen LogP contribution in [-0.4, -0.2) is 58.0 Å². The molecule has 2 atom stereocenters. The molecular weight excluding hydrogens is 264 g/mol. The number of ether oxygens (including phenoxy) is 2. The number of fused-ring (bicyclic) bond motifs is 1. The van der Waals surface area contributed by atoms with E-state index in [0.29, 0.717) is 12.1 Å². The van der Waals surface area contributed by atoms with Gasteiger partial charge < -0.3 is 14.8 Å². The summed E-state index contributed by atoms with van der Waals surface area (Å²) in [5, 5.41) is 3.66. The van der Waals surface area contributed by atoms with Gasteiger partial charge in [0.1, 0.15) is 0 Å². The van der Waals surface area contributed by atoms with Crippen LogP contribution in [0.3, 0.4) is 0 Å². The van der Waals surface area contributed by atoms with Crippen molar-refractivity contribution >= 4 is 0 Å². The smallest absolute Gasteiger partial charge is 0.0615 e. The Morgan fingerprint density at radius 2 is 2.10 bits per heavy atom. The van der Waals surface area contributed by atoms with E-state index < -0.39 is 0 Å². The van der Waals surface area contributed by atoms with E-state index in [4.69, 9.17) is 9.47 Å². The first-order chi connectivity index (χ1) is 10.3. The van der Waals surface area contributed by atoms with E-state index in [1.807, 2.05) is 0 Å². The molecule has 1 heterocycles. The van der Waals surface area contributed by atoms with Crippen LogP contribution in [0.2, 0.25) is 0 Å². The minimum absolute atomic E-state index is 0.390. The first kappa shape index (κ1) is 16.4. The second kappa shape index (κ2) is 8.49. The lowest BCUT2D eigenvalue weighted by molar-refractivity contribution is 0.0682. The molecular formula is C17H28N2O2. The van der Waals surface area contributed by atoms with E-state index in [0.717, 1.165) is 39.3 Å². The van der Waals surface area contributed by atoms with E-state index in [1.165, 1.54) is 11.1 Å². The molecule has 0 saturated carbocycles. The standard InChI is InChI=1S/C17H28N2O2/c1-14(13-21-3)19(10-11-20-2)12-17-16-7-5-4-6-15(16)8-9-18-17/h4-7,14,17-18H,8-13H2,1-3H3. The van der Waals surface area contributed by atoms with E-state index in [1.54, 1.807) is 14.2 Å². The van der Waals surface area contributed by atoms with Gasteiger partial charge >= 0.3 is 0 Å². The molecule has 4 nitrogen and oxygen atoms in total. The summed E-state index contributed by atoms with van der Waals surface area (Å²) in [6.45, 7) is 6.69. The van der Waals surface area contributed by atoms with Crippen LogP contribution in [0.15, 0.2) is 24.3 Å². The summed E-state index contributed by atoms with van der Waals surface area (Å²) in [4.78, 5) is 2.45. The molecule has 21 heavy (non-hydrogen) atoms. The van der Waals surface area contributed by atoms with Gasteiger partial charge in [-0.2, -0.15) is 0 Å². The first-order valence-corrected chi connectivity index (χ1v) is 7.79. The van der Waals surface area contributed by atoms with Crippen molar-refractivity contribution in [1.29, 1.82) is 0 Å². The van der Waals surface area contributed by atoms with Crippen LogP contribution >= 0.6 is 0 Å². The third kappa shape index (κ3) is 4.51. The summed E-state index contributed by atoms with van der Waals surface area (Å²) in [7, 11) is 3.52. The molecule has 1 aliphatic heterocycles. The molecule has 0 saturated heterocycles. The highest BCUT2D eigenvalue weighted by atomic mass is 16.5. The van der Waals surface area contributed by atoms with Gasteiger partial charge in [-0.25, -0.2) is 0 Å². The van der Waals surface area contributed by atoms with Crippen LogP contribution in [0, 0.1) is 0 Å². The van der Waals surface area contributed by atoms with E-state index in [9.17, 15) is 0 Å². The molecule has 1 aromatic rings. The van der Waals surface area contributed by atoms with Gasteiger partial charge in [0, 0.05) is 39.4 Å². The Morgan fingerprint density at radius 1 is 1.29 bits per heavy atom. The maximum atomic E-state index is 5.32. The third-order valence-electron chi connectivity index (χ3n) is 4.25. The monoisotopic (exact) mass is 292 g/mol. The Balaban J connectivity index is 2.06. The molecule has 0 bridgehead atoms. The minimum atomic E-state index is 0.390. The highest BCUT2D eigenvalue weighted by molar-refractivity contribution is 5.32. The number of hydrogen-bond donors (Lipinski definition) is 1. The first-order valence-electron chi connectivity index (χ1n) is 7.79. The number of nitrogens with zero attached hydrogens (tertiary/aromatic N) is 1. The fourth-order valence-corrected chi connectivity index (χ4v) is 3.04. The zero-order valence-corrected chi connectivity index (χ0v) is 13.5. The summed E-state index contributed by atoms with van der Waals surface area (Å²) >= 11 is 0. The minimum Gasteiger partial charge on any atom is -0.383 e. The Labute approximate surface area is 128 Å². The molecule has 4 heteroatoms. The second-order valence-corrected chi connectivity index (χ2v) is 5.75. The van der Waals surface area contributed by atoms with Gasteiger partial charge in [0.15, 0.2) is 0 Å². The van der Waals surface area contributed by atoms with Crippen LogP contribution in [0.5, 0.6) is 0 Å². The van der Waals surface area contributed by atoms with Crippen LogP contribution in [0.1, 0.15) is 24.1 Å². The summed E-state index contributed by atoms with van der Waals surface area (Å²) < 4.78 is 10.6. The number of hydrogen-bond acceptors (Lipinski definition) is 4. The van der Waals surface area contributed by atoms with Gasteiger partial charge in [0.05, 0.1) is 13.2 Å². The zero-order chi connectivity index (χ0) is 15.1. The fourth-order valence-electron chi connectivity index (χ4n) is 3.04. The zero-order valence-electron chi connectivity index (χ0n) is 13.5. The number of nitrogens with one attached hydrogen (secondary N) is 1. The molecule has 0 spiro atoms. The van der Waals surface area contributed by atoms with Crippen molar-refractivity contribution in [3.8, 4) is 0 Å². The van der Waals surface area contributed by atoms with Gasteiger partial charge in [0.25, 0.3) is 0 Å². The van der Waals surface area contributed by atoms with Crippen LogP contribution in [-0.2, 0) is 15.9 Å². The van der Waals surface area contributed by atoms with Crippen molar-refractivity contribution in [3.05, 3.63) is 35.4 Å². The summed E-state index contributed by atoms with van der Waals surface area (Å²) in [6.07, 6.45) is 1.12. The highest BCUT2D eigenvalue weighted by Crippen LogP contribution is 2.24. The van der Waals surface area contributed by atoms with E-state index in [2.05, 4.69) is 41.4 Å². The Bertz CT molecular complexity index is 425. The van der Waals surface area contributed by atoms with Crippen LogP contribution < -0.4 is 5.32 Å². The Morgan fingerprint density at radius 3 is 2.86 bits per heavy atom. The molecule has 0 radical (unpaired) electrons. The molecule has 1 aliphatic rings. The predicted octanol–water partition coefficient (Wildman–Crippen LogP) is 1.86. The van der Waals surface area contributed by atoms with Gasteiger partial charge in [-0.05, 0) is 31.0 Å². The topological polar surface area (TPSA) is 33.7 Å². The van der Waals surface area contributed by atoms with E-state index >= 15 is 0 Å². The number of rotatable bonds is 8. The molecule has 0 fully saturated rings. The quantitative estimate of drug-likeness (QED) is 0.793. The summed E-state index contributed by atoms with van der Waals surface area (Å²) in [5.41, 5.74) is 2.92. The second-order valence-electron chi connectivity index (χ2n) is 5.75. The van der Waals surface area contributed by atoms with Crippen molar-refractivity contribution in [2.45, 2.75) is 25.4 Å². The Hall–Kier alpha value is -0.940. The van der Waals surface area contributed by atoms with Gasteiger partial charge in [-0.15, -0.1) is 0 Å². The lowest BCUT2D eigenvalue weighted by Gasteiger charge is -2.35. The number of benzene rings is 1. The lowest BCUT2D eigenvalue weighted by atomic mass is 9.94. The van der Waals surface area contributed by atoms with Crippen LogP contribution in [0.25, 0.3) is 0 Å². The maximum Gasteiger partial charge on any atom is 0.0615 e. The van der Waals surface area contributed by atoms with Crippen molar-refractivity contribution < 1.29 is 9.47 Å². The van der Waals surface area contributed by atoms with Crippen LogP contribution in [0.4, 0.5) is 0 Å². The summed E-state index contributed by atoms with van der Waals surface area (Å²) in [5.74, 6) is 0. The molecule has 1 N–H and O–H groups in total. The molecule has 0 aromatic heterocycles. The van der Waals surface area contributed by atoms with Gasteiger partial charge in [-0.3, -0.25) is 4.90 Å². The maximum absolute atomic E-state index is 5.32. The Kier molecular flexibility index (Phi) is 6.64.